The number of rotatable bonds is 8. The quantitative estimate of drug-likeness (QED) is 0.0415. The third-order valence-corrected chi connectivity index (χ3v) is 12.5. The molecule has 0 aliphatic carbocycles. The topological polar surface area (TPSA) is 20.2 Å². The van der Waals surface area contributed by atoms with Crippen LogP contribution in [0.15, 0.2) is 218 Å². The van der Waals surface area contributed by atoms with Crippen LogP contribution in [0.1, 0.15) is 5.56 Å². The van der Waals surface area contributed by atoms with Gasteiger partial charge in [0.15, 0.2) is 0 Å². The van der Waals surface area contributed by atoms with Crippen molar-refractivity contribution in [3.63, 3.8) is 0 Å². The van der Waals surface area contributed by atoms with Crippen molar-refractivity contribution in [1.29, 1.82) is 0 Å². The van der Waals surface area contributed by atoms with Crippen LogP contribution in [0.5, 0.6) is 0 Å². The van der Waals surface area contributed by atoms with Crippen LogP contribution >= 0.6 is 28.1 Å². The van der Waals surface area contributed by atoms with Gasteiger partial charge in [-0.05, 0) is 53.7 Å². The minimum atomic E-state index is -0.446. The number of benzene rings is 7. The number of hydrogen-bond acceptors (Lipinski definition) is 3. The van der Waals surface area contributed by atoms with E-state index in [1.807, 2.05) is 18.2 Å². The second kappa shape index (κ2) is 21.9. The summed E-state index contributed by atoms with van der Waals surface area (Å²) in [6.45, 7) is 0. The Morgan fingerprint density at radius 3 is 0.784 bits per heavy atom. The number of thiocarbonyl (C=S) groups is 1. The van der Waals surface area contributed by atoms with Crippen molar-refractivity contribution in [2.75, 3.05) is 0 Å². The Morgan fingerprint density at radius 2 is 0.588 bits per heavy atom. The van der Waals surface area contributed by atoms with Crippen molar-refractivity contribution in [1.82, 2.24) is 0 Å². The molecule has 0 fully saturated rings. The van der Waals surface area contributed by atoms with E-state index in [1.54, 1.807) is 12.1 Å². The van der Waals surface area contributed by atoms with Gasteiger partial charge in [-0.2, -0.15) is 0 Å². The summed E-state index contributed by atoms with van der Waals surface area (Å²) in [5.74, 6) is 0.121. The summed E-state index contributed by atoms with van der Waals surface area (Å²) in [7, 11) is -0.892. The Morgan fingerprint density at radius 1 is 0.392 bits per heavy atom. The summed E-state index contributed by atoms with van der Waals surface area (Å²) in [4.78, 5) is 0. The van der Waals surface area contributed by atoms with Gasteiger partial charge in [0.2, 0.25) is 0 Å². The van der Waals surface area contributed by atoms with E-state index in [0.29, 0.717) is 0 Å². The second-order valence-corrected chi connectivity index (χ2v) is 16.5. The molecule has 7 aromatic carbocycles. The number of aliphatic hydroxyl groups is 1. The Kier molecular flexibility index (Phi) is 17.0. The van der Waals surface area contributed by atoms with E-state index in [9.17, 15) is 5.11 Å². The minimum absolute atomic E-state index is 0. The molecular weight excluding hydrogens is 746 g/mol. The Bertz CT molecular complexity index is 1710. The minimum Gasteiger partial charge on any atom is -0.507 e. The van der Waals surface area contributed by atoms with E-state index in [-0.39, 0.29) is 27.0 Å². The van der Waals surface area contributed by atoms with Gasteiger partial charge < -0.3 is 30.0 Å². The molecule has 1 N–H and O–H groups in total. The van der Waals surface area contributed by atoms with Crippen molar-refractivity contribution in [3.8, 4) is 0 Å². The van der Waals surface area contributed by atoms with E-state index in [0.717, 1.165) is 5.56 Å². The van der Waals surface area contributed by atoms with Crippen molar-refractivity contribution >= 4 is 82.5 Å². The molecule has 6 heteroatoms. The zero-order valence-electron chi connectivity index (χ0n) is 27.7. The van der Waals surface area contributed by atoms with Crippen LogP contribution in [-0.2, 0) is 29.7 Å². The van der Waals surface area contributed by atoms with Gasteiger partial charge in [-0.3, -0.25) is 0 Å². The van der Waals surface area contributed by atoms with Crippen molar-refractivity contribution in [2.45, 2.75) is 0 Å². The van der Waals surface area contributed by atoms with Crippen LogP contribution < -0.4 is 31.8 Å². The van der Waals surface area contributed by atoms with E-state index in [2.05, 4.69) is 207 Å². The van der Waals surface area contributed by atoms with Crippen molar-refractivity contribution in [3.05, 3.63) is 224 Å². The molecular formula is C45H37CuOP2S2. The van der Waals surface area contributed by atoms with Gasteiger partial charge in [-0.25, -0.2) is 0 Å². The number of hydrogen-bond donors (Lipinski definition) is 1. The summed E-state index contributed by atoms with van der Waals surface area (Å²) < 4.78 is 0.261. The summed E-state index contributed by atoms with van der Waals surface area (Å²) in [5.41, 5.74) is 0.727. The predicted octanol–water partition coefficient (Wildman–Crippen LogP) is 9.35. The molecule has 0 heterocycles. The molecule has 0 bridgehead atoms. The van der Waals surface area contributed by atoms with Crippen molar-refractivity contribution < 1.29 is 22.2 Å². The van der Waals surface area contributed by atoms with E-state index >= 15 is 0 Å². The zero-order valence-corrected chi connectivity index (χ0v) is 32.1. The molecule has 256 valence electrons. The van der Waals surface area contributed by atoms with Gasteiger partial charge in [0.05, 0.1) is 0 Å². The summed E-state index contributed by atoms with van der Waals surface area (Å²) in [6.07, 6.45) is 1.39. The molecule has 7 rings (SSSR count). The fraction of sp³-hybridized carbons (Fsp3) is 0. The number of aliphatic hydroxyl groups excluding tert-OH is 1. The molecule has 0 aliphatic rings. The fourth-order valence-electron chi connectivity index (χ4n) is 5.16. The average molecular weight is 783 g/mol. The molecule has 0 saturated carbocycles. The molecule has 7 aromatic rings. The first-order chi connectivity index (χ1) is 24.6. The maximum Gasteiger partial charge on any atom is 1.00 e. The monoisotopic (exact) mass is 782 g/mol. The zero-order chi connectivity index (χ0) is 34.8. The SMILES string of the molecule is O/C(=C\C(=S)[S-])c1ccccc1.[Cu+].c1ccc(P(c2ccccc2)c2ccccc2)cc1.c1ccc(P(c2ccccc2)c2ccccc2)cc1. The van der Waals surface area contributed by atoms with Gasteiger partial charge in [0.1, 0.15) is 5.76 Å². The summed E-state index contributed by atoms with van der Waals surface area (Å²) in [6, 6.07) is 73.8. The van der Waals surface area contributed by atoms with E-state index in [4.69, 9.17) is 0 Å². The van der Waals surface area contributed by atoms with Gasteiger partial charge in [-0.15, -0.1) is 4.20 Å². The molecule has 1 nitrogen and oxygen atoms in total. The van der Waals surface area contributed by atoms with E-state index in [1.165, 1.54) is 37.9 Å². The summed E-state index contributed by atoms with van der Waals surface area (Å²) in [5, 5.41) is 17.8. The van der Waals surface area contributed by atoms with Crippen molar-refractivity contribution in [2.24, 2.45) is 0 Å². The molecule has 0 radical (unpaired) electrons. The fourth-order valence-corrected chi connectivity index (χ4v) is 9.99. The molecule has 0 amide bonds. The van der Waals surface area contributed by atoms with E-state index < -0.39 is 15.8 Å². The Labute approximate surface area is 326 Å². The van der Waals surface area contributed by atoms with Gasteiger partial charge in [-0.1, -0.05) is 212 Å². The molecule has 0 aliphatic heterocycles. The smallest absolute Gasteiger partial charge is 0.507 e. The normalized spacial score (nSPS) is 10.5. The third kappa shape index (κ3) is 12.5. The van der Waals surface area contributed by atoms with Crippen LogP contribution in [0.2, 0.25) is 0 Å². The standard InChI is InChI=1S/2C18H15P.C9H8OS2.Cu/c2*1-4-10-16(11-5-1)19(17-12-6-2-7-13-17)18-14-8-3-9-15-18;10-8(6-9(11)12)7-4-2-1-3-5-7;/h2*1-15H;1-6,10H,(H,11,12);/q;;;+1/p-1/b;;8-6-;. The first-order valence-corrected chi connectivity index (χ1v) is 19.7. The van der Waals surface area contributed by atoms with Crippen LogP contribution in [-0.4, -0.2) is 9.30 Å². The van der Waals surface area contributed by atoms with Gasteiger partial charge in [0, 0.05) is 5.56 Å². The first kappa shape index (κ1) is 39.6. The molecule has 0 atom stereocenters. The Balaban J connectivity index is 0.000000175. The Hall–Kier alpha value is -4.23. The largest absolute Gasteiger partial charge is 1.00 e. The molecule has 0 unspecified atom stereocenters. The van der Waals surface area contributed by atoms with Gasteiger partial charge >= 0.3 is 17.1 Å². The molecule has 0 saturated heterocycles. The van der Waals surface area contributed by atoms with Crippen LogP contribution in [0, 0.1) is 0 Å². The molecule has 0 aromatic heterocycles. The maximum absolute atomic E-state index is 9.40. The van der Waals surface area contributed by atoms with Crippen LogP contribution in [0.4, 0.5) is 0 Å². The van der Waals surface area contributed by atoms with Gasteiger partial charge in [0.25, 0.3) is 0 Å². The molecule has 51 heavy (non-hydrogen) atoms. The van der Waals surface area contributed by atoms with Crippen LogP contribution in [0.25, 0.3) is 5.76 Å². The summed E-state index contributed by atoms with van der Waals surface area (Å²) >= 11 is 9.30. The van der Waals surface area contributed by atoms with Crippen LogP contribution in [0.3, 0.4) is 0 Å². The maximum atomic E-state index is 9.40. The third-order valence-electron chi connectivity index (χ3n) is 7.41. The average Bonchev–Trinajstić information content (AvgIpc) is 3.18. The first-order valence-electron chi connectivity index (χ1n) is 16.2. The predicted molar refractivity (Wildman–Crippen MR) is 227 cm³/mol. The molecule has 0 spiro atoms. The second-order valence-electron chi connectivity index (χ2n) is 10.9.